The summed E-state index contributed by atoms with van der Waals surface area (Å²) in [6, 6.07) is 17.4. The van der Waals surface area contributed by atoms with E-state index in [9.17, 15) is 4.79 Å². The van der Waals surface area contributed by atoms with Gasteiger partial charge in [0.05, 0.1) is 0 Å². The van der Waals surface area contributed by atoms with E-state index < -0.39 is 0 Å². The van der Waals surface area contributed by atoms with Crippen molar-refractivity contribution >= 4 is 5.91 Å². The number of carbonyl (C=O) groups is 1. The first-order valence-electron chi connectivity index (χ1n) is 10.7. The zero-order valence-corrected chi connectivity index (χ0v) is 16.6. The van der Waals surface area contributed by atoms with Gasteiger partial charge in [-0.05, 0) is 105 Å². The Balaban J connectivity index is 1.24. The van der Waals surface area contributed by atoms with E-state index in [0.717, 1.165) is 29.3 Å². The molecule has 1 atom stereocenters. The van der Waals surface area contributed by atoms with E-state index in [4.69, 9.17) is 4.74 Å². The highest BCUT2D eigenvalue weighted by Gasteiger charge is 2.53. The van der Waals surface area contributed by atoms with Crippen LogP contribution < -0.4 is 10.1 Å². The minimum absolute atomic E-state index is 0.0366. The largest absolute Gasteiger partial charge is 0.457 e. The van der Waals surface area contributed by atoms with Gasteiger partial charge >= 0.3 is 0 Å². The molecule has 1 amide bonds. The summed E-state index contributed by atoms with van der Waals surface area (Å²) in [6.45, 7) is 2.23. The number of nitrogens with one attached hydrogen (secondary N) is 1. The van der Waals surface area contributed by atoms with E-state index in [2.05, 4.69) is 12.2 Å². The molecule has 0 aromatic heterocycles. The van der Waals surface area contributed by atoms with Gasteiger partial charge in [0.15, 0.2) is 0 Å². The van der Waals surface area contributed by atoms with Crippen LogP contribution in [0, 0.1) is 23.2 Å². The Hall–Kier alpha value is -2.29. The average Bonchev–Trinajstić information content (AvgIpc) is 2.68. The van der Waals surface area contributed by atoms with Crippen molar-refractivity contribution in [3.63, 3.8) is 0 Å². The first-order valence-corrected chi connectivity index (χ1v) is 10.7. The summed E-state index contributed by atoms with van der Waals surface area (Å²) in [4.78, 5) is 12.9. The standard InChI is InChI=1S/C25H29NO2/c1-17(25-14-18-11-19(15-25)13-20(12-18)16-25)26-24(27)21-7-9-23(10-8-21)28-22-5-3-2-4-6-22/h2-10,17-20H,11-16H2,1H3,(H,26,27)/t17-,18?,19?,20?,25?/m0/s1. The van der Waals surface area contributed by atoms with Crippen LogP contribution in [0.4, 0.5) is 0 Å². The fourth-order valence-corrected chi connectivity index (χ4v) is 6.44. The lowest BCUT2D eigenvalue weighted by Crippen LogP contribution is -2.55. The van der Waals surface area contributed by atoms with Crippen LogP contribution in [-0.4, -0.2) is 11.9 Å². The summed E-state index contributed by atoms with van der Waals surface area (Å²) in [5.74, 6) is 4.29. The predicted molar refractivity (Wildman–Crippen MR) is 110 cm³/mol. The van der Waals surface area contributed by atoms with Gasteiger partial charge in [0.25, 0.3) is 5.91 Å². The molecule has 0 aliphatic heterocycles. The van der Waals surface area contributed by atoms with Gasteiger partial charge in [0.2, 0.25) is 0 Å². The number of carbonyl (C=O) groups excluding carboxylic acids is 1. The first kappa shape index (κ1) is 17.8. The smallest absolute Gasteiger partial charge is 0.251 e. The van der Waals surface area contributed by atoms with Crippen molar-refractivity contribution in [2.24, 2.45) is 23.2 Å². The molecular formula is C25H29NO2. The number of benzene rings is 2. The van der Waals surface area contributed by atoms with Crippen molar-refractivity contribution in [1.29, 1.82) is 0 Å². The van der Waals surface area contributed by atoms with Gasteiger partial charge < -0.3 is 10.1 Å². The van der Waals surface area contributed by atoms with E-state index in [0.29, 0.717) is 11.0 Å². The van der Waals surface area contributed by atoms with E-state index >= 15 is 0 Å². The van der Waals surface area contributed by atoms with Gasteiger partial charge in [-0.3, -0.25) is 4.79 Å². The molecule has 6 rings (SSSR count). The zero-order chi connectivity index (χ0) is 19.1. The van der Waals surface area contributed by atoms with Crippen LogP contribution in [0.25, 0.3) is 0 Å². The van der Waals surface area contributed by atoms with Gasteiger partial charge in [-0.25, -0.2) is 0 Å². The lowest BCUT2D eigenvalue weighted by molar-refractivity contribution is -0.0688. The number of rotatable bonds is 5. The molecule has 4 aliphatic rings. The number of hydrogen-bond donors (Lipinski definition) is 1. The first-order chi connectivity index (χ1) is 13.6. The van der Waals surface area contributed by atoms with Gasteiger partial charge in [-0.2, -0.15) is 0 Å². The highest BCUT2D eigenvalue weighted by molar-refractivity contribution is 5.94. The highest BCUT2D eigenvalue weighted by atomic mass is 16.5. The molecule has 3 nitrogen and oxygen atoms in total. The van der Waals surface area contributed by atoms with Crippen LogP contribution >= 0.6 is 0 Å². The van der Waals surface area contributed by atoms with E-state index in [1.165, 1.54) is 38.5 Å². The van der Waals surface area contributed by atoms with Crippen molar-refractivity contribution in [3.8, 4) is 11.5 Å². The number of para-hydroxylation sites is 1. The van der Waals surface area contributed by atoms with Crippen LogP contribution in [0.15, 0.2) is 54.6 Å². The third-order valence-corrected chi connectivity index (χ3v) is 7.45. The van der Waals surface area contributed by atoms with Crippen molar-refractivity contribution in [3.05, 3.63) is 60.2 Å². The molecule has 0 spiro atoms. The lowest BCUT2D eigenvalue weighted by Gasteiger charge is -2.59. The summed E-state index contributed by atoms with van der Waals surface area (Å²) in [5, 5.41) is 3.34. The van der Waals surface area contributed by atoms with Crippen molar-refractivity contribution in [2.45, 2.75) is 51.5 Å². The van der Waals surface area contributed by atoms with Gasteiger partial charge in [0.1, 0.15) is 11.5 Å². The Bertz CT molecular complexity index is 807. The molecule has 0 radical (unpaired) electrons. The molecule has 146 valence electrons. The fourth-order valence-electron chi connectivity index (χ4n) is 6.44. The zero-order valence-electron chi connectivity index (χ0n) is 16.6. The van der Waals surface area contributed by atoms with Crippen LogP contribution in [0.1, 0.15) is 55.8 Å². The second-order valence-corrected chi connectivity index (χ2v) is 9.41. The normalized spacial score (nSPS) is 31.4. The van der Waals surface area contributed by atoms with Crippen molar-refractivity contribution in [1.82, 2.24) is 5.32 Å². The number of hydrogen-bond acceptors (Lipinski definition) is 2. The molecule has 2 aromatic rings. The molecule has 4 bridgehead atoms. The third kappa shape index (κ3) is 3.32. The SMILES string of the molecule is C[C@H](NC(=O)c1ccc(Oc2ccccc2)cc1)C12CC3CC(CC(C3)C1)C2. The molecule has 4 aliphatic carbocycles. The summed E-state index contributed by atoms with van der Waals surface area (Å²) in [5.41, 5.74) is 1.04. The average molecular weight is 376 g/mol. The number of ether oxygens (including phenoxy) is 1. The maximum Gasteiger partial charge on any atom is 0.251 e. The fraction of sp³-hybridized carbons (Fsp3) is 0.480. The summed E-state index contributed by atoms with van der Waals surface area (Å²) in [7, 11) is 0. The molecule has 0 heterocycles. The van der Waals surface area contributed by atoms with Gasteiger partial charge in [0, 0.05) is 11.6 Å². The lowest BCUT2D eigenvalue weighted by atomic mass is 9.48. The molecule has 28 heavy (non-hydrogen) atoms. The molecule has 0 unspecified atom stereocenters. The Labute approximate surface area is 167 Å². The monoisotopic (exact) mass is 375 g/mol. The second-order valence-electron chi connectivity index (χ2n) is 9.41. The molecule has 2 aromatic carbocycles. The summed E-state index contributed by atoms with van der Waals surface area (Å²) >= 11 is 0. The minimum atomic E-state index is 0.0366. The Morgan fingerprint density at radius 3 is 2.00 bits per heavy atom. The van der Waals surface area contributed by atoms with Crippen LogP contribution in [0.5, 0.6) is 11.5 Å². The van der Waals surface area contributed by atoms with E-state index in [1.54, 1.807) is 0 Å². The van der Waals surface area contributed by atoms with Gasteiger partial charge in [-0.15, -0.1) is 0 Å². The molecule has 3 heteroatoms. The van der Waals surface area contributed by atoms with Crippen molar-refractivity contribution in [2.75, 3.05) is 0 Å². The third-order valence-electron chi connectivity index (χ3n) is 7.45. The Morgan fingerprint density at radius 1 is 0.893 bits per heavy atom. The summed E-state index contributed by atoms with van der Waals surface area (Å²) < 4.78 is 5.83. The van der Waals surface area contributed by atoms with Crippen molar-refractivity contribution < 1.29 is 9.53 Å². The Kier molecular flexibility index (Phi) is 4.41. The van der Waals surface area contributed by atoms with Crippen LogP contribution in [0.2, 0.25) is 0 Å². The molecule has 4 fully saturated rings. The highest BCUT2D eigenvalue weighted by Crippen LogP contribution is 2.61. The minimum Gasteiger partial charge on any atom is -0.457 e. The Morgan fingerprint density at radius 2 is 1.43 bits per heavy atom. The molecule has 1 N–H and O–H groups in total. The maximum atomic E-state index is 12.9. The van der Waals surface area contributed by atoms with E-state index in [1.807, 2.05) is 54.6 Å². The maximum absolute atomic E-state index is 12.9. The molecule has 4 saturated carbocycles. The number of amides is 1. The summed E-state index contributed by atoms with van der Waals surface area (Å²) in [6.07, 6.45) is 8.23. The van der Waals surface area contributed by atoms with Crippen LogP contribution in [-0.2, 0) is 0 Å². The topological polar surface area (TPSA) is 38.3 Å². The van der Waals surface area contributed by atoms with Gasteiger partial charge in [-0.1, -0.05) is 18.2 Å². The quantitative estimate of drug-likeness (QED) is 0.716. The molecular weight excluding hydrogens is 346 g/mol. The van der Waals surface area contributed by atoms with E-state index in [-0.39, 0.29) is 11.9 Å². The van der Waals surface area contributed by atoms with Crippen LogP contribution in [0.3, 0.4) is 0 Å². The molecule has 0 saturated heterocycles. The predicted octanol–water partition coefficient (Wildman–Crippen LogP) is 5.81. The second kappa shape index (κ2) is 6.95.